The second kappa shape index (κ2) is 6.81. The minimum Gasteiger partial charge on any atom is -0.447 e. The van der Waals surface area contributed by atoms with Gasteiger partial charge in [0.2, 0.25) is 0 Å². The summed E-state index contributed by atoms with van der Waals surface area (Å²) in [5.41, 5.74) is 3.04. The zero-order valence-electron chi connectivity index (χ0n) is 17.3. The standard InChI is InChI=1S/C23H30O4/c1-14-12-16(3)17(13-15(14)2)18-19(26-21(25)22(4,5)6)23(27-20(18)24)10-8-7-9-11-23/h12-13H,7-11H2,1-6H3. The Morgan fingerprint density at radius 2 is 1.59 bits per heavy atom. The fraction of sp³-hybridized carbons (Fsp3) is 0.565. The second-order valence-electron chi connectivity index (χ2n) is 9.04. The first kappa shape index (κ1) is 19.7. The van der Waals surface area contributed by atoms with Crippen LogP contribution in [0.2, 0.25) is 0 Å². The predicted molar refractivity (Wildman–Crippen MR) is 105 cm³/mol. The largest absolute Gasteiger partial charge is 0.447 e. The summed E-state index contributed by atoms with van der Waals surface area (Å²) in [6.07, 6.45) is 4.45. The molecule has 2 aliphatic rings. The molecule has 1 aliphatic carbocycles. The van der Waals surface area contributed by atoms with E-state index in [1.807, 2.05) is 40.7 Å². The minimum atomic E-state index is -0.795. The van der Waals surface area contributed by atoms with Crippen LogP contribution in [0.25, 0.3) is 5.57 Å². The smallest absolute Gasteiger partial charge is 0.343 e. The van der Waals surface area contributed by atoms with Gasteiger partial charge in [0.15, 0.2) is 11.4 Å². The zero-order valence-corrected chi connectivity index (χ0v) is 17.3. The summed E-state index contributed by atoms with van der Waals surface area (Å²) in [6.45, 7) is 11.5. The molecule has 0 N–H and O–H groups in total. The predicted octanol–water partition coefficient (Wildman–Crippen LogP) is 5.17. The third-order valence-corrected chi connectivity index (χ3v) is 5.71. The number of ether oxygens (including phenoxy) is 2. The highest BCUT2D eigenvalue weighted by atomic mass is 16.6. The number of hydrogen-bond donors (Lipinski definition) is 0. The third-order valence-electron chi connectivity index (χ3n) is 5.71. The topological polar surface area (TPSA) is 52.6 Å². The van der Waals surface area contributed by atoms with Gasteiger partial charge < -0.3 is 9.47 Å². The lowest BCUT2D eigenvalue weighted by atomic mass is 9.81. The highest BCUT2D eigenvalue weighted by Crippen LogP contribution is 2.48. The van der Waals surface area contributed by atoms with Gasteiger partial charge >= 0.3 is 11.9 Å². The molecule has 1 aliphatic heterocycles. The summed E-state index contributed by atoms with van der Waals surface area (Å²) in [7, 11) is 0. The molecule has 27 heavy (non-hydrogen) atoms. The molecule has 1 heterocycles. The second-order valence-corrected chi connectivity index (χ2v) is 9.04. The normalized spacial score (nSPS) is 19.4. The van der Waals surface area contributed by atoms with Crippen LogP contribution in [0.4, 0.5) is 0 Å². The highest BCUT2D eigenvalue weighted by molar-refractivity contribution is 6.20. The molecule has 0 atom stereocenters. The van der Waals surface area contributed by atoms with E-state index < -0.39 is 11.0 Å². The van der Waals surface area contributed by atoms with Crippen molar-refractivity contribution < 1.29 is 19.1 Å². The number of carbonyl (C=O) groups is 2. The van der Waals surface area contributed by atoms with E-state index in [9.17, 15) is 9.59 Å². The molecule has 1 aromatic rings. The lowest BCUT2D eigenvalue weighted by Crippen LogP contribution is -2.37. The Kier molecular flexibility index (Phi) is 4.96. The summed E-state index contributed by atoms with van der Waals surface area (Å²) < 4.78 is 11.8. The van der Waals surface area contributed by atoms with E-state index in [0.29, 0.717) is 24.2 Å². The van der Waals surface area contributed by atoms with Crippen molar-refractivity contribution in [2.45, 2.75) is 79.2 Å². The van der Waals surface area contributed by atoms with E-state index in [2.05, 4.69) is 13.0 Å². The first-order valence-corrected chi connectivity index (χ1v) is 9.84. The molecule has 1 aromatic carbocycles. The van der Waals surface area contributed by atoms with Crippen LogP contribution in [0.3, 0.4) is 0 Å². The number of carbonyl (C=O) groups excluding carboxylic acids is 2. The minimum absolute atomic E-state index is 0.334. The lowest BCUT2D eigenvalue weighted by Gasteiger charge is -2.34. The van der Waals surface area contributed by atoms with E-state index in [4.69, 9.17) is 9.47 Å². The van der Waals surface area contributed by atoms with Gasteiger partial charge in [-0.3, -0.25) is 4.79 Å². The van der Waals surface area contributed by atoms with Crippen LogP contribution in [0, 0.1) is 26.2 Å². The van der Waals surface area contributed by atoms with Gasteiger partial charge in [0.25, 0.3) is 0 Å². The van der Waals surface area contributed by atoms with E-state index in [0.717, 1.165) is 36.0 Å². The molecule has 4 heteroatoms. The maximum atomic E-state index is 13.0. The van der Waals surface area contributed by atoms with Crippen molar-refractivity contribution in [1.82, 2.24) is 0 Å². The van der Waals surface area contributed by atoms with Gasteiger partial charge in [-0.2, -0.15) is 0 Å². The van der Waals surface area contributed by atoms with Crippen molar-refractivity contribution in [3.05, 3.63) is 40.1 Å². The van der Waals surface area contributed by atoms with Crippen LogP contribution in [-0.4, -0.2) is 17.5 Å². The van der Waals surface area contributed by atoms with E-state index in [-0.39, 0.29) is 11.9 Å². The van der Waals surface area contributed by atoms with Crippen LogP contribution >= 0.6 is 0 Å². The molecule has 146 valence electrons. The Hall–Kier alpha value is -2.10. The molecular weight excluding hydrogens is 340 g/mol. The number of esters is 2. The molecule has 0 bridgehead atoms. The Bertz CT molecular complexity index is 818. The zero-order chi connectivity index (χ0) is 20.0. The molecular formula is C23H30O4. The summed E-state index contributed by atoms with van der Waals surface area (Å²) in [5.74, 6) is -0.279. The first-order chi connectivity index (χ1) is 12.5. The molecule has 0 amide bonds. The fourth-order valence-electron chi connectivity index (χ4n) is 3.90. The molecule has 0 aromatic heterocycles. The molecule has 1 saturated carbocycles. The van der Waals surface area contributed by atoms with Crippen LogP contribution in [0.1, 0.15) is 75.1 Å². The molecule has 0 saturated heterocycles. The van der Waals surface area contributed by atoms with Crippen LogP contribution in [0.15, 0.2) is 17.9 Å². The maximum Gasteiger partial charge on any atom is 0.343 e. The van der Waals surface area contributed by atoms with Gasteiger partial charge in [-0.15, -0.1) is 0 Å². The van der Waals surface area contributed by atoms with Crippen LogP contribution < -0.4 is 0 Å². The van der Waals surface area contributed by atoms with E-state index in [1.54, 1.807) is 0 Å². The van der Waals surface area contributed by atoms with Crippen molar-refractivity contribution in [3.63, 3.8) is 0 Å². The maximum absolute atomic E-state index is 13.0. The van der Waals surface area contributed by atoms with E-state index >= 15 is 0 Å². The molecule has 4 nitrogen and oxygen atoms in total. The summed E-state index contributed by atoms with van der Waals surface area (Å²) in [4.78, 5) is 25.7. The number of rotatable bonds is 2. The average Bonchev–Trinajstić information content (AvgIpc) is 2.82. The highest BCUT2D eigenvalue weighted by Gasteiger charge is 2.51. The van der Waals surface area contributed by atoms with Gasteiger partial charge in [0.1, 0.15) is 5.57 Å². The Labute approximate surface area is 161 Å². The molecule has 3 rings (SSSR count). The molecule has 1 fully saturated rings. The van der Waals surface area contributed by atoms with Crippen LogP contribution in [0.5, 0.6) is 0 Å². The quantitative estimate of drug-likeness (QED) is 0.674. The van der Waals surface area contributed by atoms with Crippen molar-refractivity contribution in [2.24, 2.45) is 5.41 Å². The van der Waals surface area contributed by atoms with Crippen LogP contribution in [-0.2, 0) is 19.1 Å². The Morgan fingerprint density at radius 3 is 2.19 bits per heavy atom. The summed E-state index contributed by atoms with van der Waals surface area (Å²) >= 11 is 0. The summed E-state index contributed by atoms with van der Waals surface area (Å²) in [5, 5.41) is 0. The fourth-order valence-corrected chi connectivity index (χ4v) is 3.90. The van der Waals surface area contributed by atoms with Gasteiger partial charge in [0.05, 0.1) is 5.41 Å². The Morgan fingerprint density at radius 1 is 1.00 bits per heavy atom. The van der Waals surface area contributed by atoms with Gasteiger partial charge in [-0.25, -0.2) is 4.79 Å². The number of hydrogen-bond acceptors (Lipinski definition) is 4. The SMILES string of the molecule is Cc1cc(C)c(C2=C(OC(=O)C(C)(C)C)C3(CCCCC3)OC2=O)cc1C. The molecule has 0 radical (unpaired) electrons. The Balaban J connectivity index is 2.19. The summed E-state index contributed by atoms with van der Waals surface area (Å²) in [6, 6.07) is 4.08. The molecule has 0 unspecified atom stereocenters. The number of aryl methyl sites for hydroxylation is 3. The van der Waals surface area contributed by atoms with Crippen molar-refractivity contribution in [1.29, 1.82) is 0 Å². The van der Waals surface area contributed by atoms with Crippen molar-refractivity contribution in [3.8, 4) is 0 Å². The van der Waals surface area contributed by atoms with Gasteiger partial charge in [-0.1, -0.05) is 18.6 Å². The third kappa shape index (κ3) is 3.54. The van der Waals surface area contributed by atoms with Crippen molar-refractivity contribution >= 4 is 17.5 Å². The van der Waals surface area contributed by atoms with Crippen molar-refractivity contribution in [2.75, 3.05) is 0 Å². The van der Waals surface area contributed by atoms with Gasteiger partial charge in [-0.05, 0) is 89.5 Å². The molecule has 1 spiro atoms. The van der Waals surface area contributed by atoms with E-state index in [1.165, 1.54) is 5.56 Å². The number of benzene rings is 1. The first-order valence-electron chi connectivity index (χ1n) is 9.84. The lowest BCUT2D eigenvalue weighted by molar-refractivity contribution is -0.159. The van der Waals surface area contributed by atoms with Gasteiger partial charge in [0, 0.05) is 0 Å². The average molecular weight is 370 g/mol. The monoisotopic (exact) mass is 370 g/mol.